The SMILES string of the molecule is Cc1cccc(NC(=O)CNC(C)c2cc(C)oc2C)c1. The molecule has 1 unspecified atom stereocenters. The third kappa shape index (κ3) is 4.20. The van der Waals surface area contributed by atoms with E-state index in [0.29, 0.717) is 0 Å². The summed E-state index contributed by atoms with van der Waals surface area (Å²) in [7, 11) is 0. The van der Waals surface area contributed by atoms with E-state index in [0.717, 1.165) is 28.3 Å². The second-order valence-corrected chi connectivity index (χ2v) is 5.39. The number of hydrogen-bond acceptors (Lipinski definition) is 3. The normalized spacial score (nSPS) is 12.2. The van der Waals surface area contributed by atoms with Crippen LogP contribution >= 0.6 is 0 Å². The second-order valence-electron chi connectivity index (χ2n) is 5.39. The van der Waals surface area contributed by atoms with E-state index in [-0.39, 0.29) is 18.5 Å². The molecule has 0 aliphatic carbocycles. The summed E-state index contributed by atoms with van der Waals surface area (Å²) in [4.78, 5) is 12.0. The van der Waals surface area contributed by atoms with Crippen LogP contribution in [0, 0.1) is 20.8 Å². The molecule has 0 saturated carbocycles. The van der Waals surface area contributed by atoms with Crippen LogP contribution in [0.1, 0.15) is 35.6 Å². The number of amides is 1. The lowest BCUT2D eigenvalue weighted by Gasteiger charge is -2.13. The number of furan rings is 1. The lowest BCUT2D eigenvalue weighted by atomic mass is 10.1. The van der Waals surface area contributed by atoms with Gasteiger partial charge < -0.3 is 15.1 Å². The number of aryl methyl sites for hydroxylation is 3. The molecule has 1 atom stereocenters. The van der Waals surface area contributed by atoms with Crippen LogP contribution < -0.4 is 10.6 Å². The predicted molar refractivity (Wildman–Crippen MR) is 84.4 cm³/mol. The van der Waals surface area contributed by atoms with E-state index in [1.165, 1.54) is 0 Å². The van der Waals surface area contributed by atoms with Gasteiger partial charge in [0.15, 0.2) is 0 Å². The van der Waals surface area contributed by atoms with Gasteiger partial charge in [0.05, 0.1) is 6.54 Å². The van der Waals surface area contributed by atoms with Crippen LogP contribution in [0.2, 0.25) is 0 Å². The fraction of sp³-hybridized carbons (Fsp3) is 0.353. The van der Waals surface area contributed by atoms with Crippen molar-refractivity contribution in [3.8, 4) is 0 Å². The largest absolute Gasteiger partial charge is 0.466 e. The van der Waals surface area contributed by atoms with Crippen LogP contribution in [0.4, 0.5) is 5.69 Å². The molecule has 1 aromatic carbocycles. The van der Waals surface area contributed by atoms with E-state index in [4.69, 9.17) is 4.42 Å². The number of carbonyl (C=O) groups excluding carboxylic acids is 1. The van der Waals surface area contributed by atoms with E-state index in [1.54, 1.807) is 0 Å². The molecule has 0 saturated heterocycles. The van der Waals surface area contributed by atoms with Crippen LogP contribution in [0.5, 0.6) is 0 Å². The number of anilines is 1. The quantitative estimate of drug-likeness (QED) is 0.884. The van der Waals surface area contributed by atoms with Crippen molar-refractivity contribution in [1.82, 2.24) is 5.32 Å². The van der Waals surface area contributed by atoms with Crippen molar-refractivity contribution >= 4 is 11.6 Å². The molecular weight excluding hydrogens is 264 g/mol. The van der Waals surface area contributed by atoms with Crippen molar-refractivity contribution in [2.24, 2.45) is 0 Å². The molecular formula is C17H22N2O2. The van der Waals surface area contributed by atoms with Gasteiger partial charge in [-0.1, -0.05) is 12.1 Å². The highest BCUT2D eigenvalue weighted by Crippen LogP contribution is 2.20. The number of benzene rings is 1. The Labute approximate surface area is 125 Å². The summed E-state index contributed by atoms with van der Waals surface area (Å²) >= 11 is 0. The molecule has 21 heavy (non-hydrogen) atoms. The predicted octanol–water partition coefficient (Wildman–Crippen LogP) is 3.49. The molecule has 2 rings (SSSR count). The molecule has 0 radical (unpaired) electrons. The van der Waals surface area contributed by atoms with Gasteiger partial charge in [0.2, 0.25) is 5.91 Å². The lowest BCUT2D eigenvalue weighted by molar-refractivity contribution is -0.115. The maximum Gasteiger partial charge on any atom is 0.238 e. The van der Waals surface area contributed by atoms with Gasteiger partial charge in [-0.3, -0.25) is 4.79 Å². The molecule has 0 bridgehead atoms. The van der Waals surface area contributed by atoms with Gasteiger partial charge in [0.1, 0.15) is 11.5 Å². The molecule has 2 aromatic rings. The fourth-order valence-corrected chi connectivity index (χ4v) is 2.36. The van der Waals surface area contributed by atoms with Gasteiger partial charge in [0, 0.05) is 17.3 Å². The van der Waals surface area contributed by atoms with E-state index in [2.05, 4.69) is 10.6 Å². The maximum absolute atomic E-state index is 12.0. The Hall–Kier alpha value is -2.07. The van der Waals surface area contributed by atoms with Crippen LogP contribution in [-0.4, -0.2) is 12.5 Å². The van der Waals surface area contributed by atoms with Crippen LogP contribution in [-0.2, 0) is 4.79 Å². The summed E-state index contributed by atoms with van der Waals surface area (Å²) in [5.41, 5.74) is 3.04. The first-order chi connectivity index (χ1) is 9.95. The smallest absolute Gasteiger partial charge is 0.238 e. The standard InChI is InChI=1S/C17H22N2O2/c1-11-6-5-7-15(8-11)19-17(20)10-18-13(3)16-9-12(2)21-14(16)4/h5-9,13,18H,10H2,1-4H3,(H,19,20). The monoisotopic (exact) mass is 286 g/mol. The number of carbonyl (C=O) groups is 1. The Balaban J connectivity index is 1.88. The third-order valence-electron chi connectivity index (χ3n) is 3.42. The summed E-state index contributed by atoms with van der Waals surface area (Å²) in [6.45, 7) is 8.15. The molecule has 1 aromatic heterocycles. The average Bonchev–Trinajstić information content (AvgIpc) is 2.75. The van der Waals surface area contributed by atoms with Crippen molar-refractivity contribution in [1.29, 1.82) is 0 Å². The van der Waals surface area contributed by atoms with Gasteiger partial charge in [0.25, 0.3) is 0 Å². The molecule has 0 aliphatic heterocycles. The highest BCUT2D eigenvalue weighted by Gasteiger charge is 2.13. The molecule has 0 aliphatic rings. The van der Waals surface area contributed by atoms with E-state index in [9.17, 15) is 4.79 Å². The van der Waals surface area contributed by atoms with Crippen molar-refractivity contribution in [3.05, 3.63) is 53.0 Å². The van der Waals surface area contributed by atoms with Crippen LogP contribution in [0.15, 0.2) is 34.7 Å². The minimum atomic E-state index is -0.0506. The average molecular weight is 286 g/mol. The van der Waals surface area contributed by atoms with Gasteiger partial charge in [-0.25, -0.2) is 0 Å². The zero-order chi connectivity index (χ0) is 15.4. The second kappa shape index (κ2) is 6.59. The molecule has 0 spiro atoms. The molecule has 1 amide bonds. The highest BCUT2D eigenvalue weighted by molar-refractivity contribution is 5.92. The Morgan fingerprint density at radius 3 is 2.62 bits per heavy atom. The number of hydrogen-bond donors (Lipinski definition) is 2. The molecule has 4 nitrogen and oxygen atoms in total. The van der Waals surface area contributed by atoms with Gasteiger partial charge >= 0.3 is 0 Å². The first-order valence-electron chi connectivity index (χ1n) is 7.12. The van der Waals surface area contributed by atoms with Crippen molar-refractivity contribution in [2.45, 2.75) is 33.7 Å². The fourth-order valence-electron chi connectivity index (χ4n) is 2.36. The lowest BCUT2D eigenvalue weighted by Crippen LogP contribution is -2.30. The van der Waals surface area contributed by atoms with Gasteiger partial charge in [-0.2, -0.15) is 0 Å². The summed E-state index contributed by atoms with van der Waals surface area (Å²) < 4.78 is 5.51. The Bertz CT molecular complexity index is 631. The Kier molecular flexibility index (Phi) is 4.81. The Morgan fingerprint density at radius 2 is 2.00 bits per heavy atom. The minimum absolute atomic E-state index is 0.0506. The topological polar surface area (TPSA) is 54.3 Å². The molecule has 1 heterocycles. The molecule has 112 valence electrons. The number of rotatable bonds is 5. The third-order valence-corrected chi connectivity index (χ3v) is 3.42. The summed E-state index contributed by atoms with van der Waals surface area (Å²) in [6, 6.07) is 9.85. The minimum Gasteiger partial charge on any atom is -0.466 e. The van der Waals surface area contributed by atoms with Crippen molar-refractivity contribution < 1.29 is 9.21 Å². The zero-order valence-corrected chi connectivity index (χ0v) is 13.0. The Morgan fingerprint density at radius 1 is 1.24 bits per heavy atom. The molecule has 4 heteroatoms. The van der Waals surface area contributed by atoms with Gasteiger partial charge in [-0.05, 0) is 51.5 Å². The maximum atomic E-state index is 12.0. The highest BCUT2D eigenvalue weighted by atomic mass is 16.3. The summed E-state index contributed by atoms with van der Waals surface area (Å²) in [6.07, 6.45) is 0. The van der Waals surface area contributed by atoms with Crippen LogP contribution in [0.3, 0.4) is 0 Å². The van der Waals surface area contributed by atoms with Gasteiger partial charge in [-0.15, -0.1) is 0 Å². The first kappa shape index (κ1) is 15.3. The van der Waals surface area contributed by atoms with E-state index >= 15 is 0 Å². The zero-order valence-electron chi connectivity index (χ0n) is 13.0. The number of nitrogens with one attached hydrogen (secondary N) is 2. The summed E-state index contributed by atoms with van der Waals surface area (Å²) in [5, 5.41) is 6.10. The van der Waals surface area contributed by atoms with E-state index < -0.39 is 0 Å². The van der Waals surface area contributed by atoms with E-state index in [1.807, 2.05) is 58.0 Å². The first-order valence-corrected chi connectivity index (χ1v) is 7.12. The summed E-state index contributed by atoms with van der Waals surface area (Å²) in [5.74, 6) is 1.73. The van der Waals surface area contributed by atoms with Crippen molar-refractivity contribution in [2.75, 3.05) is 11.9 Å². The van der Waals surface area contributed by atoms with Crippen molar-refractivity contribution in [3.63, 3.8) is 0 Å². The molecule has 0 fully saturated rings. The molecule has 2 N–H and O–H groups in total. The van der Waals surface area contributed by atoms with Crippen LogP contribution in [0.25, 0.3) is 0 Å².